The van der Waals surface area contributed by atoms with Gasteiger partial charge in [0.05, 0.1) is 31.2 Å². The summed E-state index contributed by atoms with van der Waals surface area (Å²) in [7, 11) is 1.33. The van der Waals surface area contributed by atoms with Gasteiger partial charge in [-0.15, -0.1) is 0 Å². The zero-order valence-corrected chi connectivity index (χ0v) is 25.9. The maximum Gasteiger partial charge on any atom is 0.235 e. The summed E-state index contributed by atoms with van der Waals surface area (Å²) < 4.78 is 11.7. The van der Waals surface area contributed by atoms with Crippen LogP contribution in [0.25, 0.3) is 0 Å². The van der Waals surface area contributed by atoms with Gasteiger partial charge in [0.15, 0.2) is 23.1 Å². The number of benzene rings is 1. The number of aliphatic hydroxyl groups is 1. The van der Waals surface area contributed by atoms with Gasteiger partial charge in [-0.05, 0) is 57.4 Å². The maximum atomic E-state index is 15.5. The molecule has 3 aliphatic heterocycles. The molecule has 6 rings (SSSR count). The van der Waals surface area contributed by atoms with Crippen molar-refractivity contribution < 1.29 is 39.2 Å². The minimum atomic E-state index is -1.50. The third-order valence-electron chi connectivity index (χ3n) is 11.1. The van der Waals surface area contributed by atoms with E-state index in [2.05, 4.69) is 33.0 Å². The molecular formula is C34H43NO8. The predicted octanol–water partition coefficient (Wildman–Crippen LogP) is 4.37. The fourth-order valence-electron chi connectivity index (χ4n) is 9.08. The molecule has 2 saturated heterocycles. The van der Waals surface area contributed by atoms with E-state index in [0.717, 1.165) is 11.1 Å². The standard InChI is InChI=1S/C34H43NO8/c1-13(2)10-19-25-16(5)15(4)12-18-11-14(3)8-9-20(36)27(38)23-24(32(40)34(18,25)33(41)35-19)30-22-21(29(23)43-30)17(6)26(37)31(42-7)28(22)39/h11-13,16,18-20,23-25,29-30,36-37,39H,8-10H2,1-7H3,(H,35,41)/t16-,18+,19+,20-,23-,24+,25+,29+,30-,34+/m1/s1. The van der Waals surface area contributed by atoms with Crippen molar-refractivity contribution in [3.05, 3.63) is 40.0 Å². The summed E-state index contributed by atoms with van der Waals surface area (Å²) >= 11 is 0. The Morgan fingerprint density at radius 3 is 2.37 bits per heavy atom. The van der Waals surface area contributed by atoms with Crippen LogP contribution < -0.4 is 10.1 Å². The number of methoxy groups -OCH3 is 1. The Kier molecular flexibility index (Phi) is 7.08. The minimum absolute atomic E-state index is 0.0824. The molecule has 9 nitrogen and oxygen atoms in total. The van der Waals surface area contributed by atoms with Gasteiger partial charge in [-0.1, -0.05) is 44.1 Å². The van der Waals surface area contributed by atoms with Crippen LogP contribution in [-0.4, -0.2) is 52.0 Å². The van der Waals surface area contributed by atoms with Crippen molar-refractivity contribution in [3.63, 3.8) is 0 Å². The predicted molar refractivity (Wildman–Crippen MR) is 157 cm³/mol. The van der Waals surface area contributed by atoms with E-state index in [1.807, 2.05) is 19.1 Å². The average molecular weight is 594 g/mol. The number of aliphatic hydroxyl groups excluding tert-OH is 1. The quantitative estimate of drug-likeness (QED) is 0.299. The van der Waals surface area contributed by atoms with Gasteiger partial charge in [0, 0.05) is 29.0 Å². The molecule has 0 unspecified atom stereocenters. The summed E-state index contributed by atoms with van der Waals surface area (Å²) in [6, 6.07) is -0.240. The molecule has 2 aliphatic carbocycles. The highest BCUT2D eigenvalue weighted by Crippen LogP contribution is 2.67. The smallest absolute Gasteiger partial charge is 0.235 e. The highest BCUT2D eigenvalue weighted by atomic mass is 16.5. The number of hydrogen-bond acceptors (Lipinski definition) is 8. The largest absolute Gasteiger partial charge is 0.504 e. The Morgan fingerprint density at radius 1 is 1.05 bits per heavy atom. The first-order valence-corrected chi connectivity index (χ1v) is 15.5. The second kappa shape index (κ2) is 10.2. The molecule has 5 aliphatic rings. The SMILES string of the molecule is COc1c(O)c(C)c2c(c1O)[C@H]1O[C@@H]2[C@H]2C(=O)[C@H](O)CCC(C)=C[C@H]3C=C(C)[C@@H](C)[C@H]4[C@H](CC(C)C)NC(=O)[C@@]34C(=O)[C@@H]21. The summed E-state index contributed by atoms with van der Waals surface area (Å²) in [5.41, 5.74) is 1.63. The van der Waals surface area contributed by atoms with Crippen LogP contribution in [0, 0.1) is 47.8 Å². The number of ether oxygens (including phenoxy) is 2. The Bertz CT molecular complexity index is 1480. The van der Waals surface area contributed by atoms with Crippen molar-refractivity contribution in [1.29, 1.82) is 0 Å². The topological polar surface area (TPSA) is 142 Å². The second-order valence-corrected chi connectivity index (χ2v) is 13.9. The van der Waals surface area contributed by atoms with Gasteiger partial charge in [0.2, 0.25) is 11.7 Å². The number of fused-ring (bicyclic) bond motifs is 8. The fraction of sp³-hybridized carbons (Fsp3) is 0.618. The summed E-state index contributed by atoms with van der Waals surface area (Å²) in [6.07, 6.45) is 1.95. The van der Waals surface area contributed by atoms with Crippen molar-refractivity contribution in [1.82, 2.24) is 5.32 Å². The van der Waals surface area contributed by atoms with E-state index in [0.29, 0.717) is 29.5 Å². The van der Waals surface area contributed by atoms with E-state index in [-0.39, 0.29) is 59.2 Å². The Morgan fingerprint density at radius 2 is 1.72 bits per heavy atom. The minimum Gasteiger partial charge on any atom is -0.504 e. The Balaban J connectivity index is 1.62. The van der Waals surface area contributed by atoms with Crippen molar-refractivity contribution in [2.75, 3.05) is 7.11 Å². The van der Waals surface area contributed by atoms with Crippen LogP contribution >= 0.6 is 0 Å². The van der Waals surface area contributed by atoms with E-state index in [4.69, 9.17) is 9.47 Å². The van der Waals surface area contributed by atoms with Crippen LogP contribution in [0.5, 0.6) is 17.2 Å². The van der Waals surface area contributed by atoms with Crippen LogP contribution in [0.4, 0.5) is 0 Å². The van der Waals surface area contributed by atoms with Crippen molar-refractivity contribution in [2.45, 2.75) is 85.2 Å². The highest BCUT2D eigenvalue weighted by Gasteiger charge is 2.71. The number of hydrogen-bond donors (Lipinski definition) is 4. The molecule has 43 heavy (non-hydrogen) atoms. The van der Waals surface area contributed by atoms with Crippen molar-refractivity contribution >= 4 is 17.5 Å². The summed E-state index contributed by atoms with van der Waals surface area (Å²) in [4.78, 5) is 44.0. The third-order valence-corrected chi connectivity index (χ3v) is 11.1. The van der Waals surface area contributed by atoms with Crippen molar-refractivity contribution in [2.24, 2.45) is 40.9 Å². The second-order valence-electron chi connectivity index (χ2n) is 13.9. The monoisotopic (exact) mass is 593 g/mol. The molecule has 1 amide bonds. The summed E-state index contributed by atoms with van der Waals surface area (Å²) in [6.45, 7) is 11.9. The normalized spacial score (nSPS) is 38.4. The molecule has 1 aromatic carbocycles. The first-order valence-electron chi connectivity index (χ1n) is 15.5. The lowest BCUT2D eigenvalue weighted by Gasteiger charge is -2.47. The third kappa shape index (κ3) is 3.93. The first kappa shape index (κ1) is 29.9. The number of ketones is 2. The van der Waals surface area contributed by atoms with Gasteiger partial charge in [0.25, 0.3) is 0 Å². The van der Waals surface area contributed by atoms with Gasteiger partial charge in [-0.3, -0.25) is 14.4 Å². The number of aromatic hydroxyl groups is 2. The zero-order chi connectivity index (χ0) is 31.3. The van der Waals surface area contributed by atoms with E-state index in [1.165, 1.54) is 7.11 Å². The molecule has 1 spiro atoms. The van der Waals surface area contributed by atoms with E-state index < -0.39 is 47.3 Å². The molecule has 2 fully saturated rings. The van der Waals surface area contributed by atoms with E-state index in [1.54, 1.807) is 6.92 Å². The van der Waals surface area contributed by atoms with Crippen molar-refractivity contribution in [3.8, 4) is 17.2 Å². The lowest BCUT2D eigenvalue weighted by atomic mass is 9.51. The van der Waals surface area contributed by atoms with E-state index in [9.17, 15) is 24.9 Å². The molecule has 0 saturated carbocycles. The van der Waals surface area contributed by atoms with Crippen LogP contribution in [0.2, 0.25) is 0 Å². The molecule has 0 radical (unpaired) electrons. The number of Topliss-reactive ketones (excluding diaryl/α,β-unsaturated/α-hetero) is 2. The van der Waals surface area contributed by atoms with Gasteiger partial charge >= 0.3 is 0 Å². The lowest BCUT2D eigenvalue weighted by molar-refractivity contribution is -0.152. The van der Waals surface area contributed by atoms with E-state index >= 15 is 4.79 Å². The molecule has 0 aromatic heterocycles. The maximum absolute atomic E-state index is 15.5. The van der Waals surface area contributed by atoms with Gasteiger partial charge in [-0.25, -0.2) is 0 Å². The number of amides is 1. The van der Waals surface area contributed by atoms with Gasteiger partial charge < -0.3 is 30.1 Å². The number of nitrogens with one attached hydrogen (secondary N) is 1. The number of rotatable bonds is 3. The molecule has 9 heteroatoms. The Hall–Kier alpha value is -3.17. The molecule has 4 N–H and O–H groups in total. The average Bonchev–Trinajstić information content (AvgIpc) is 3.60. The van der Waals surface area contributed by atoms with Gasteiger partial charge in [0.1, 0.15) is 11.5 Å². The fourth-order valence-corrected chi connectivity index (χ4v) is 9.08. The van der Waals surface area contributed by atoms with Crippen LogP contribution in [0.3, 0.4) is 0 Å². The molecule has 232 valence electrons. The highest BCUT2D eigenvalue weighted by molar-refractivity contribution is 6.12. The number of carbonyl (C=O) groups excluding carboxylic acids is 3. The molecular weight excluding hydrogens is 550 g/mol. The molecule has 10 atom stereocenters. The molecule has 3 heterocycles. The number of allylic oxidation sites excluding steroid dienone is 4. The molecule has 1 aromatic rings. The van der Waals surface area contributed by atoms with Crippen LogP contribution in [-0.2, 0) is 19.1 Å². The first-order chi connectivity index (χ1) is 20.3. The van der Waals surface area contributed by atoms with Gasteiger partial charge in [-0.2, -0.15) is 0 Å². The Labute approximate surface area is 252 Å². The summed E-state index contributed by atoms with van der Waals surface area (Å²) in [5, 5.41) is 36.5. The molecule has 2 bridgehead atoms. The zero-order valence-electron chi connectivity index (χ0n) is 25.9. The number of phenols is 2. The number of phenolic OH excluding ortho intramolecular Hbond substituents is 2. The summed E-state index contributed by atoms with van der Waals surface area (Å²) in [5.74, 6) is -4.92. The van der Waals surface area contributed by atoms with Crippen LogP contribution in [0.15, 0.2) is 23.3 Å². The number of carbonyl (C=O) groups is 3. The lowest BCUT2D eigenvalue weighted by Crippen LogP contribution is -2.56. The van der Waals surface area contributed by atoms with Crippen LogP contribution in [0.1, 0.15) is 82.8 Å².